The molecule has 0 atom stereocenters. The van der Waals surface area contributed by atoms with Crippen LogP contribution in [0.25, 0.3) is 5.69 Å². The van der Waals surface area contributed by atoms with Gasteiger partial charge in [-0.05, 0) is 19.1 Å². The van der Waals surface area contributed by atoms with E-state index in [1.807, 2.05) is 0 Å². The number of aromatic nitrogens is 2. The molecule has 0 spiro atoms. The predicted octanol–water partition coefficient (Wildman–Crippen LogP) is 0.702. The molecule has 2 aromatic rings. The van der Waals surface area contributed by atoms with Crippen molar-refractivity contribution in [3.63, 3.8) is 0 Å². The second-order valence-electron chi connectivity index (χ2n) is 3.72. The fraction of sp³-hybridized carbons (Fsp3) is 0.154. The largest absolute Gasteiger partial charge is 0.461 e. The Labute approximate surface area is 108 Å². The first kappa shape index (κ1) is 12.8. The van der Waals surface area contributed by atoms with Gasteiger partial charge in [0, 0.05) is 6.07 Å². The van der Waals surface area contributed by atoms with Crippen LogP contribution >= 0.6 is 0 Å². The van der Waals surface area contributed by atoms with Crippen molar-refractivity contribution in [2.24, 2.45) is 0 Å². The molecule has 0 aliphatic carbocycles. The van der Waals surface area contributed by atoms with Crippen molar-refractivity contribution in [3.05, 3.63) is 62.9 Å². The second kappa shape index (κ2) is 5.34. The van der Waals surface area contributed by atoms with Gasteiger partial charge in [-0.15, -0.1) is 0 Å². The molecule has 6 heteroatoms. The zero-order valence-corrected chi connectivity index (χ0v) is 10.3. The molecule has 0 unspecified atom stereocenters. The third kappa shape index (κ3) is 2.62. The molecule has 1 aromatic carbocycles. The number of para-hydroxylation sites is 1. The maximum Gasteiger partial charge on any atom is 0.355 e. The van der Waals surface area contributed by atoms with E-state index in [0.717, 1.165) is 10.6 Å². The molecule has 0 aliphatic heterocycles. The smallest absolute Gasteiger partial charge is 0.355 e. The summed E-state index contributed by atoms with van der Waals surface area (Å²) < 4.78 is 5.67. The second-order valence-corrected chi connectivity index (χ2v) is 3.72. The van der Waals surface area contributed by atoms with Gasteiger partial charge in [0.2, 0.25) is 0 Å². The van der Waals surface area contributed by atoms with E-state index in [2.05, 4.69) is 4.98 Å². The molecule has 0 amide bonds. The van der Waals surface area contributed by atoms with Gasteiger partial charge >= 0.3 is 11.7 Å². The number of hydrogen-bond donors (Lipinski definition) is 1. The van der Waals surface area contributed by atoms with Crippen molar-refractivity contribution >= 4 is 5.97 Å². The summed E-state index contributed by atoms with van der Waals surface area (Å²) >= 11 is 0. The standard InChI is InChI=1S/C13H12N2O4/c1-2-19-12(17)10-8-11(16)15(13(18)14-10)9-6-4-3-5-7-9/h3-8H,2H2,1H3,(H,14,18). The normalized spacial score (nSPS) is 10.2. The van der Waals surface area contributed by atoms with E-state index < -0.39 is 17.2 Å². The average molecular weight is 260 g/mol. The van der Waals surface area contributed by atoms with Crippen molar-refractivity contribution < 1.29 is 9.53 Å². The number of esters is 1. The number of H-pyrrole nitrogens is 1. The zero-order chi connectivity index (χ0) is 13.8. The van der Waals surface area contributed by atoms with Crippen molar-refractivity contribution in [2.75, 3.05) is 6.61 Å². The minimum atomic E-state index is -0.725. The maximum absolute atomic E-state index is 11.9. The van der Waals surface area contributed by atoms with Gasteiger partial charge < -0.3 is 9.72 Å². The van der Waals surface area contributed by atoms with E-state index in [9.17, 15) is 14.4 Å². The van der Waals surface area contributed by atoms with Crippen molar-refractivity contribution in [3.8, 4) is 5.69 Å². The Morgan fingerprint density at radius 2 is 1.95 bits per heavy atom. The molecule has 98 valence electrons. The average Bonchev–Trinajstić information content (AvgIpc) is 2.39. The molecule has 0 saturated heterocycles. The van der Waals surface area contributed by atoms with Crippen LogP contribution in [0.3, 0.4) is 0 Å². The van der Waals surface area contributed by atoms with Crippen LogP contribution in [0.4, 0.5) is 0 Å². The molecular weight excluding hydrogens is 248 g/mol. The first-order chi connectivity index (χ1) is 9.13. The summed E-state index contributed by atoms with van der Waals surface area (Å²) in [4.78, 5) is 37.6. The topological polar surface area (TPSA) is 81.2 Å². The molecule has 1 heterocycles. The van der Waals surface area contributed by atoms with Gasteiger partial charge in [0.1, 0.15) is 5.69 Å². The van der Waals surface area contributed by atoms with Gasteiger partial charge in [-0.3, -0.25) is 4.79 Å². The Bertz CT molecular complexity index is 669. The quantitative estimate of drug-likeness (QED) is 0.824. The summed E-state index contributed by atoms with van der Waals surface area (Å²) in [6, 6.07) is 9.49. The van der Waals surface area contributed by atoms with Gasteiger partial charge in [-0.25, -0.2) is 14.2 Å². The molecule has 0 aliphatic rings. The van der Waals surface area contributed by atoms with Gasteiger partial charge in [-0.2, -0.15) is 0 Å². The van der Waals surface area contributed by atoms with Crippen molar-refractivity contribution in [1.82, 2.24) is 9.55 Å². The SMILES string of the molecule is CCOC(=O)c1cc(=O)n(-c2ccccc2)c(=O)[nH]1. The summed E-state index contributed by atoms with van der Waals surface area (Å²) in [5, 5.41) is 0. The zero-order valence-electron chi connectivity index (χ0n) is 10.3. The number of aromatic amines is 1. The molecular formula is C13H12N2O4. The third-order valence-corrected chi connectivity index (χ3v) is 2.44. The van der Waals surface area contributed by atoms with Gasteiger partial charge in [0.05, 0.1) is 12.3 Å². The lowest BCUT2D eigenvalue weighted by molar-refractivity contribution is 0.0518. The molecule has 0 saturated carbocycles. The van der Waals surface area contributed by atoms with Crippen LogP contribution in [0.5, 0.6) is 0 Å². The van der Waals surface area contributed by atoms with E-state index >= 15 is 0 Å². The Morgan fingerprint density at radius 3 is 2.53 bits per heavy atom. The van der Waals surface area contributed by atoms with Gasteiger partial charge in [-0.1, -0.05) is 18.2 Å². The number of nitrogens with zero attached hydrogens (tertiary/aromatic N) is 1. The number of ether oxygens (including phenoxy) is 1. The third-order valence-electron chi connectivity index (χ3n) is 2.44. The Morgan fingerprint density at radius 1 is 1.26 bits per heavy atom. The Balaban J connectivity index is 2.53. The Hall–Kier alpha value is -2.63. The van der Waals surface area contributed by atoms with E-state index in [-0.39, 0.29) is 12.3 Å². The van der Waals surface area contributed by atoms with Gasteiger partial charge in [0.25, 0.3) is 5.56 Å². The highest BCUT2D eigenvalue weighted by Gasteiger charge is 2.12. The lowest BCUT2D eigenvalue weighted by Crippen LogP contribution is -2.35. The van der Waals surface area contributed by atoms with Crippen molar-refractivity contribution in [2.45, 2.75) is 6.92 Å². The summed E-state index contributed by atoms with van der Waals surface area (Å²) in [5.74, 6) is -0.725. The fourth-order valence-electron chi connectivity index (χ4n) is 1.64. The number of carbonyl (C=O) groups is 1. The first-order valence-electron chi connectivity index (χ1n) is 5.72. The highest BCUT2D eigenvalue weighted by molar-refractivity contribution is 5.86. The molecule has 2 rings (SSSR count). The van der Waals surface area contributed by atoms with Crippen LogP contribution in [0.1, 0.15) is 17.4 Å². The number of carbonyl (C=O) groups excluding carboxylic acids is 1. The van der Waals surface area contributed by atoms with Crippen molar-refractivity contribution in [1.29, 1.82) is 0 Å². The fourth-order valence-corrected chi connectivity index (χ4v) is 1.64. The van der Waals surface area contributed by atoms with E-state index in [1.54, 1.807) is 37.3 Å². The summed E-state index contributed by atoms with van der Waals surface area (Å²) in [5.41, 5.74) is -0.979. The highest BCUT2D eigenvalue weighted by atomic mass is 16.5. The van der Waals surface area contributed by atoms with Crippen LogP contribution < -0.4 is 11.2 Å². The number of benzene rings is 1. The van der Waals surface area contributed by atoms with Gasteiger partial charge in [0.15, 0.2) is 0 Å². The Kier molecular flexibility index (Phi) is 3.61. The first-order valence-corrected chi connectivity index (χ1v) is 5.72. The highest BCUT2D eigenvalue weighted by Crippen LogP contribution is 2.01. The van der Waals surface area contributed by atoms with Crippen LogP contribution in [0.2, 0.25) is 0 Å². The van der Waals surface area contributed by atoms with Crippen LogP contribution in [0, 0.1) is 0 Å². The summed E-state index contributed by atoms with van der Waals surface area (Å²) in [6.07, 6.45) is 0. The molecule has 0 fully saturated rings. The predicted molar refractivity (Wildman–Crippen MR) is 68.6 cm³/mol. The summed E-state index contributed by atoms with van der Waals surface area (Å²) in [6.45, 7) is 1.81. The van der Waals surface area contributed by atoms with E-state index in [0.29, 0.717) is 5.69 Å². The molecule has 1 aromatic heterocycles. The lowest BCUT2D eigenvalue weighted by Gasteiger charge is -2.05. The molecule has 0 radical (unpaired) electrons. The van der Waals surface area contributed by atoms with E-state index in [4.69, 9.17) is 4.74 Å². The number of hydrogen-bond acceptors (Lipinski definition) is 4. The molecule has 1 N–H and O–H groups in total. The van der Waals surface area contributed by atoms with Crippen LogP contribution in [-0.2, 0) is 4.74 Å². The van der Waals surface area contributed by atoms with Crippen LogP contribution in [-0.4, -0.2) is 22.1 Å². The summed E-state index contributed by atoms with van der Waals surface area (Å²) in [7, 11) is 0. The minimum Gasteiger partial charge on any atom is -0.461 e. The van der Waals surface area contributed by atoms with E-state index in [1.165, 1.54) is 0 Å². The number of rotatable bonds is 3. The maximum atomic E-state index is 11.9. The molecule has 6 nitrogen and oxygen atoms in total. The molecule has 19 heavy (non-hydrogen) atoms. The minimum absolute atomic E-state index is 0.149. The molecule has 0 bridgehead atoms. The lowest BCUT2D eigenvalue weighted by atomic mass is 10.3. The van der Waals surface area contributed by atoms with Crippen LogP contribution in [0.15, 0.2) is 46.0 Å². The monoisotopic (exact) mass is 260 g/mol. The number of nitrogens with one attached hydrogen (secondary N) is 1.